The number of hydrogen-bond donors (Lipinski definition) is 0. The van der Waals surface area contributed by atoms with Gasteiger partial charge >= 0.3 is 0 Å². The average Bonchev–Trinajstić information content (AvgIpc) is 2.24. The topological polar surface area (TPSA) is 9.23 Å². The molecule has 0 aliphatic carbocycles. The van der Waals surface area contributed by atoms with Crippen LogP contribution in [0.4, 0.5) is 8.78 Å². The summed E-state index contributed by atoms with van der Waals surface area (Å²) < 4.78 is 32.3. The van der Waals surface area contributed by atoms with Crippen LogP contribution in [-0.4, -0.2) is 18.5 Å². The van der Waals surface area contributed by atoms with Crippen LogP contribution in [0.15, 0.2) is 18.2 Å². The number of hydrogen-bond acceptors (Lipinski definition) is 2. The zero-order valence-corrected chi connectivity index (χ0v) is 11.2. The number of benzene rings is 1. The zero-order valence-electron chi connectivity index (χ0n) is 10.4. The van der Waals surface area contributed by atoms with Crippen LogP contribution in [0.1, 0.15) is 31.6 Å². The lowest BCUT2D eigenvalue weighted by Gasteiger charge is -2.14. The first-order valence-corrected chi connectivity index (χ1v) is 6.74. The summed E-state index contributed by atoms with van der Waals surface area (Å²) in [6, 6.07) is 3.97. The molecule has 1 nitrogen and oxygen atoms in total. The van der Waals surface area contributed by atoms with Crippen LogP contribution in [0.2, 0.25) is 0 Å². The van der Waals surface area contributed by atoms with Gasteiger partial charge < -0.3 is 4.74 Å². The van der Waals surface area contributed by atoms with Gasteiger partial charge in [0.1, 0.15) is 11.6 Å². The highest BCUT2D eigenvalue weighted by atomic mass is 32.2. The Bertz CT molecular complexity index is 335. The van der Waals surface area contributed by atoms with Gasteiger partial charge in [0.05, 0.1) is 12.7 Å². The lowest BCUT2D eigenvalue weighted by Crippen LogP contribution is -2.07. The molecule has 0 amide bonds. The van der Waals surface area contributed by atoms with Gasteiger partial charge in [0.15, 0.2) is 0 Å². The summed E-state index contributed by atoms with van der Waals surface area (Å²) in [7, 11) is 0. The van der Waals surface area contributed by atoms with Crippen molar-refractivity contribution in [2.45, 2.75) is 32.1 Å². The standard InChI is InChI=1S/C13H18F2OS/c1-9(2)16-7-8-17-10(3)13-11(14)5-4-6-12(13)15/h4-6,9-10H,7-8H2,1-3H3. The number of thioether (sulfide) groups is 1. The lowest BCUT2D eigenvalue weighted by atomic mass is 10.1. The first-order valence-electron chi connectivity index (χ1n) is 5.69. The summed E-state index contributed by atoms with van der Waals surface area (Å²) in [4.78, 5) is 0. The second-order valence-electron chi connectivity index (χ2n) is 4.07. The van der Waals surface area contributed by atoms with Crippen LogP contribution < -0.4 is 0 Å². The van der Waals surface area contributed by atoms with Crippen molar-refractivity contribution < 1.29 is 13.5 Å². The SMILES string of the molecule is CC(C)OCCSC(C)c1c(F)cccc1F. The molecule has 17 heavy (non-hydrogen) atoms. The van der Waals surface area contributed by atoms with Crippen LogP contribution in [0.3, 0.4) is 0 Å². The molecule has 0 heterocycles. The molecule has 1 rings (SSSR count). The number of ether oxygens (including phenoxy) is 1. The Morgan fingerprint density at radius 1 is 1.18 bits per heavy atom. The van der Waals surface area contributed by atoms with Gasteiger partial charge in [-0.25, -0.2) is 8.78 Å². The minimum atomic E-state index is -0.477. The fourth-order valence-corrected chi connectivity index (χ4v) is 2.43. The summed E-state index contributed by atoms with van der Waals surface area (Å²) in [6.07, 6.45) is 0.191. The molecule has 0 aliphatic heterocycles. The van der Waals surface area contributed by atoms with Gasteiger partial charge in [-0.2, -0.15) is 11.8 Å². The third-order valence-corrected chi connectivity index (χ3v) is 3.45. The fourth-order valence-electron chi connectivity index (χ4n) is 1.49. The maximum Gasteiger partial charge on any atom is 0.130 e. The van der Waals surface area contributed by atoms with Crippen molar-refractivity contribution in [1.82, 2.24) is 0 Å². The van der Waals surface area contributed by atoms with Gasteiger partial charge in [0, 0.05) is 16.6 Å². The number of halogens is 2. The summed E-state index contributed by atoms with van der Waals surface area (Å²) in [5, 5.41) is -0.202. The summed E-state index contributed by atoms with van der Waals surface area (Å²) in [5.41, 5.74) is 0.155. The molecule has 0 spiro atoms. The van der Waals surface area contributed by atoms with E-state index in [1.807, 2.05) is 20.8 Å². The molecule has 1 aromatic rings. The molecule has 0 saturated carbocycles. The maximum absolute atomic E-state index is 13.5. The Kier molecular flexibility index (Phi) is 5.92. The van der Waals surface area contributed by atoms with Gasteiger partial charge in [-0.1, -0.05) is 6.07 Å². The smallest absolute Gasteiger partial charge is 0.130 e. The molecule has 96 valence electrons. The van der Waals surface area contributed by atoms with E-state index >= 15 is 0 Å². The van der Waals surface area contributed by atoms with Crippen molar-refractivity contribution >= 4 is 11.8 Å². The third-order valence-electron chi connectivity index (χ3n) is 2.31. The lowest BCUT2D eigenvalue weighted by molar-refractivity contribution is 0.0920. The van der Waals surface area contributed by atoms with E-state index in [0.717, 1.165) is 5.75 Å². The van der Waals surface area contributed by atoms with Crippen LogP contribution in [0.5, 0.6) is 0 Å². The molecule has 1 aromatic carbocycles. The Balaban J connectivity index is 2.49. The first kappa shape index (κ1) is 14.5. The minimum Gasteiger partial charge on any atom is -0.378 e. The van der Waals surface area contributed by atoms with E-state index in [9.17, 15) is 8.78 Å². The molecule has 0 aliphatic rings. The van der Waals surface area contributed by atoms with Gasteiger partial charge in [-0.05, 0) is 32.9 Å². The molecule has 1 atom stereocenters. The molecule has 1 unspecified atom stereocenters. The van der Waals surface area contributed by atoms with Gasteiger partial charge in [0.2, 0.25) is 0 Å². The Morgan fingerprint density at radius 2 is 1.76 bits per heavy atom. The Labute approximate surface area is 106 Å². The molecule has 0 fully saturated rings. The van der Waals surface area contributed by atoms with Crippen LogP contribution >= 0.6 is 11.8 Å². The summed E-state index contributed by atoms with van der Waals surface area (Å²) in [5.74, 6) is -0.225. The molecule has 4 heteroatoms. The van der Waals surface area contributed by atoms with E-state index in [0.29, 0.717) is 6.61 Å². The third kappa shape index (κ3) is 4.64. The van der Waals surface area contributed by atoms with Crippen molar-refractivity contribution in [3.8, 4) is 0 Å². The predicted molar refractivity (Wildman–Crippen MR) is 68.3 cm³/mol. The minimum absolute atomic E-state index is 0.155. The van der Waals surface area contributed by atoms with Crippen molar-refractivity contribution in [1.29, 1.82) is 0 Å². The van der Waals surface area contributed by atoms with Crippen LogP contribution in [-0.2, 0) is 4.74 Å². The second-order valence-corrected chi connectivity index (χ2v) is 5.52. The van der Waals surface area contributed by atoms with E-state index < -0.39 is 11.6 Å². The largest absolute Gasteiger partial charge is 0.378 e. The molecule has 0 radical (unpaired) electrons. The molecule has 0 aromatic heterocycles. The normalized spacial score (nSPS) is 13.1. The zero-order chi connectivity index (χ0) is 12.8. The van der Waals surface area contributed by atoms with E-state index in [4.69, 9.17) is 4.74 Å². The Hall–Kier alpha value is -0.610. The molecular weight excluding hydrogens is 242 g/mol. The van der Waals surface area contributed by atoms with Crippen LogP contribution in [0, 0.1) is 11.6 Å². The fraction of sp³-hybridized carbons (Fsp3) is 0.538. The van der Waals surface area contributed by atoms with Gasteiger partial charge in [0.25, 0.3) is 0 Å². The molecule has 0 bridgehead atoms. The summed E-state index contributed by atoms with van der Waals surface area (Å²) >= 11 is 1.49. The monoisotopic (exact) mass is 260 g/mol. The van der Waals surface area contributed by atoms with Crippen molar-refractivity contribution in [2.75, 3.05) is 12.4 Å². The van der Waals surface area contributed by atoms with Crippen molar-refractivity contribution in [3.05, 3.63) is 35.4 Å². The summed E-state index contributed by atoms with van der Waals surface area (Å²) in [6.45, 7) is 6.33. The molecular formula is C13H18F2OS. The van der Waals surface area contributed by atoms with Gasteiger partial charge in [-0.3, -0.25) is 0 Å². The van der Waals surface area contributed by atoms with Gasteiger partial charge in [-0.15, -0.1) is 0 Å². The second kappa shape index (κ2) is 6.97. The first-order chi connectivity index (χ1) is 8.02. The van der Waals surface area contributed by atoms with E-state index in [2.05, 4.69) is 0 Å². The van der Waals surface area contributed by atoms with Crippen LogP contribution in [0.25, 0.3) is 0 Å². The predicted octanol–water partition coefficient (Wildman–Crippen LogP) is 4.18. The Morgan fingerprint density at radius 3 is 2.29 bits per heavy atom. The maximum atomic E-state index is 13.5. The molecule has 0 saturated heterocycles. The highest BCUT2D eigenvalue weighted by Gasteiger charge is 2.15. The number of rotatable bonds is 6. The van der Waals surface area contributed by atoms with E-state index in [1.54, 1.807) is 0 Å². The highest BCUT2D eigenvalue weighted by Crippen LogP contribution is 2.31. The average molecular weight is 260 g/mol. The molecule has 0 N–H and O–H groups in total. The highest BCUT2D eigenvalue weighted by molar-refractivity contribution is 7.99. The quantitative estimate of drug-likeness (QED) is 0.709. The van der Waals surface area contributed by atoms with E-state index in [-0.39, 0.29) is 16.9 Å². The van der Waals surface area contributed by atoms with E-state index in [1.165, 1.54) is 30.0 Å². The van der Waals surface area contributed by atoms with Crippen molar-refractivity contribution in [3.63, 3.8) is 0 Å². The van der Waals surface area contributed by atoms with Crippen molar-refractivity contribution in [2.24, 2.45) is 0 Å².